The molecule has 2 aromatic carbocycles. The highest BCUT2D eigenvalue weighted by molar-refractivity contribution is 6.25. The third-order valence-corrected chi connectivity index (χ3v) is 5.06. The van der Waals surface area contributed by atoms with Crippen LogP contribution >= 0.6 is 0 Å². The fourth-order valence-corrected chi connectivity index (χ4v) is 3.52. The van der Waals surface area contributed by atoms with Crippen LogP contribution in [0.25, 0.3) is 0 Å². The molecule has 4 rings (SSSR count). The average molecular weight is 402 g/mol. The Morgan fingerprint density at radius 3 is 2.38 bits per heavy atom. The first-order chi connectivity index (χ1) is 13.8. The number of anilines is 1. The van der Waals surface area contributed by atoms with Gasteiger partial charge in [0.15, 0.2) is 12.1 Å². The number of benzene rings is 2. The minimum absolute atomic E-state index is 0.0593. The monoisotopic (exact) mass is 402 g/mol. The number of hydrogen-bond donors (Lipinski definition) is 0. The van der Waals surface area contributed by atoms with Gasteiger partial charge in [0.05, 0.1) is 17.8 Å². The third kappa shape index (κ3) is 3.37. The Morgan fingerprint density at radius 1 is 1.00 bits per heavy atom. The van der Waals surface area contributed by atoms with Crippen LogP contribution < -0.4 is 4.90 Å². The van der Waals surface area contributed by atoms with Crippen LogP contribution in [0.1, 0.15) is 23.6 Å². The van der Waals surface area contributed by atoms with Crippen LogP contribution in [-0.4, -0.2) is 28.9 Å². The highest BCUT2D eigenvalue weighted by Gasteiger charge is 2.54. The number of halogens is 3. The number of amides is 2. The van der Waals surface area contributed by atoms with Gasteiger partial charge in [0.1, 0.15) is 0 Å². The number of aryl methyl sites for hydroxylation is 1. The van der Waals surface area contributed by atoms with Crippen molar-refractivity contribution in [1.82, 2.24) is 5.01 Å². The highest BCUT2D eigenvalue weighted by Crippen LogP contribution is 2.34. The average Bonchev–Trinajstić information content (AvgIpc) is 3.21. The predicted molar refractivity (Wildman–Crippen MR) is 97.7 cm³/mol. The van der Waals surface area contributed by atoms with E-state index in [0.29, 0.717) is 11.3 Å². The van der Waals surface area contributed by atoms with Crippen LogP contribution in [0.15, 0.2) is 58.9 Å². The topological polar surface area (TPSA) is 65.3 Å². The van der Waals surface area contributed by atoms with Crippen molar-refractivity contribution in [3.63, 3.8) is 0 Å². The van der Waals surface area contributed by atoms with E-state index in [2.05, 4.69) is 10.3 Å². The van der Waals surface area contributed by atoms with Crippen LogP contribution in [0.4, 0.5) is 18.9 Å². The Hall–Kier alpha value is -3.23. The Morgan fingerprint density at radius 2 is 1.72 bits per heavy atom. The number of imide groups is 1. The molecule has 1 fully saturated rings. The molecular formula is C20H17F3N4O2. The molecule has 2 amide bonds. The molecule has 2 heterocycles. The maximum atomic E-state index is 12.9. The third-order valence-electron chi connectivity index (χ3n) is 5.06. The first kappa shape index (κ1) is 19.1. The fraction of sp³-hybridized carbons (Fsp3) is 0.300. The van der Waals surface area contributed by atoms with Gasteiger partial charge in [-0.1, -0.05) is 36.4 Å². The lowest BCUT2D eigenvalue weighted by Gasteiger charge is -2.21. The molecule has 0 radical (unpaired) electrons. The van der Waals surface area contributed by atoms with E-state index in [-0.39, 0.29) is 6.54 Å². The van der Waals surface area contributed by atoms with E-state index in [9.17, 15) is 22.8 Å². The Labute approximate surface area is 164 Å². The van der Waals surface area contributed by atoms with Gasteiger partial charge in [-0.05, 0) is 41.8 Å². The second kappa shape index (κ2) is 6.98. The van der Waals surface area contributed by atoms with Gasteiger partial charge in [0.2, 0.25) is 0 Å². The summed E-state index contributed by atoms with van der Waals surface area (Å²) in [4.78, 5) is 26.7. The van der Waals surface area contributed by atoms with Gasteiger partial charge in [0.25, 0.3) is 11.8 Å². The normalized spacial score (nSPS) is 21.2. The number of fused-ring (bicyclic) bond motifs is 1. The molecule has 0 N–H and O–H groups in total. The van der Waals surface area contributed by atoms with Crippen molar-refractivity contribution in [3.8, 4) is 0 Å². The van der Waals surface area contributed by atoms with Gasteiger partial charge < -0.3 is 0 Å². The van der Waals surface area contributed by atoms with E-state index in [1.54, 1.807) is 12.1 Å². The van der Waals surface area contributed by atoms with E-state index < -0.39 is 35.6 Å². The van der Waals surface area contributed by atoms with Gasteiger partial charge in [0, 0.05) is 0 Å². The number of alkyl halides is 3. The van der Waals surface area contributed by atoms with E-state index in [1.165, 1.54) is 17.1 Å². The maximum absolute atomic E-state index is 12.9. The number of rotatable bonds is 4. The van der Waals surface area contributed by atoms with Crippen LogP contribution in [0.3, 0.4) is 0 Å². The van der Waals surface area contributed by atoms with Gasteiger partial charge in [-0.25, -0.2) is 4.90 Å². The summed E-state index contributed by atoms with van der Waals surface area (Å²) >= 11 is 0. The zero-order valence-electron chi connectivity index (χ0n) is 15.4. The Balaban J connectivity index is 1.57. The fourth-order valence-electron chi connectivity index (χ4n) is 3.52. The molecule has 2 aromatic rings. The molecule has 0 unspecified atom stereocenters. The molecule has 2 atom stereocenters. The largest absolute Gasteiger partial charge is 0.416 e. The van der Waals surface area contributed by atoms with Gasteiger partial charge >= 0.3 is 6.18 Å². The zero-order chi connectivity index (χ0) is 20.8. The van der Waals surface area contributed by atoms with Crippen molar-refractivity contribution in [3.05, 3.63) is 65.2 Å². The Kier molecular flexibility index (Phi) is 4.60. The van der Waals surface area contributed by atoms with Gasteiger partial charge in [-0.15, -0.1) is 0 Å². The molecule has 6 nitrogen and oxygen atoms in total. The molecule has 0 saturated carbocycles. The lowest BCUT2D eigenvalue weighted by Crippen LogP contribution is -2.39. The van der Waals surface area contributed by atoms with Gasteiger partial charge in [-0.3, -0.25) is 14.6 Å². The summed E-state index contributed by atoms with van der Waals surface area (Å²) in [5, 5.41) is 9.06. The number of hydrogen-bond acceptors (Lipinski definition) is 5. The predicted octanol–water partition coefficient (Wildman–Crippen LogP) is 3.76. The molecule has 9 heteroatoms. The van der Waals surface area contributed by atoms with Crippen LogP contribution in [0.5, 0.6) is 0 Å². The van der Waals surface area contributed by atoms with Crippen molar-refractivity contribution in [2.45, 2.75) is 38.1 Å². The van der Waals surface area contributed by atoms with E-state index in [4.69, 9.17) is 0 Å². The molecule has 2 aliphatic rings. The molecule has 0 aliphatic carbocycles. The summed E-state index contributed by atoms with van der Waals surface area (Å²) in [6.07, 6.45) is -3.64. The number of carbonyl (C=O) groups excluding carboxylic acids is 2. The summed E-state index contributed by atoms with van der Waals surface area (Å²) in [6, 6.07) is 9.93. The molecule has 0 bridgehead atoms. The molecule has 0 aromatic heterocycles. The second-order valence-electron chi connectivity index (χ2n) is 6.92. The van der Waals surface area contributed by atoms with Crippen LogP contribution in [0.2, 0.25) is 0 Å². The van der Waals surface area contributed by atoms with Crippen molar-refractivity contribution in [2.75, 3.05) is 4.90 Å². The molecule has 29 heavy (non-hydrogen) atoms. The molecule has 1 saturated heterocycles. The quantitative estimate of drug-likeness (QED) is 0.732. The molecule has 2 aliphatic heterocycles. The van der Waals surface area contributed by atoms with E-state index in [1.807, 2.05) is 19.1 Å². The van der Waals surface area contributed by atoms with Crippen LogP contribution in [0, 0.1) is 0 Å². The summed E-state index contributed by atoms with van der Waals surface area (Å²) in [5.74, 6) is -0.972. The van der Waals surface area contributed by atoms with E-state index in [0.717, 1.165) is 29.0 Å². The highest BCUT2D eigenvalue weighted by atomic mass is 19.4. The van der Waals surface area contributed by atoms with E-state index >= 15 is 0 Å². The first-order valence-corrected chi connectivity index (χ1v) is 9.10. The number of nitrogens with zero attached hydrogens (tertiary/aromatic N) is 4. The SMILES string of the molecule is CCc1ccc(N2C(=O)[C@H]3N=NN(Cc4cccc(C(F)(F)F)c4)[C@@H]3C2=O)cc1. The first-order valence-electron chi connectivity index (χ1n) is 9.10. The summed E-state index contributed by atoms with van der Waals surface area (Å²) < 4.78 is 38.8. The van der Waals surface area contributed by atoms with Crippen molar-refractivity contribution in [2.24, 2.45) is 10.3 Å². The molecular weight excluding hydrogens is 385 g/mol. The zero-order valence-corrected chi connectivity index (χ0v) is 15.4. The Bertz CT molecular complexity index is 988. The minimum Gasteiger partial charge on any atom is -0.271 e. The van der Waals surface area contributed by atoms with Crippen molar-refractivity contribution >= 4 is 17.5 Å². The summed E-state index contributed by atoms with van der Waals surface area (Å²) in [5.41, 5.74) is 1.05. The summed E-state index contributed by atoms with van der Waals surface area (Å²) in [7, 11) is 0. The summed E-state index contributed by atoms with van der Waals surface area (Å²) in [6.45, 7) is 1.94. The molecule has 0 spiro atoms. The standard InChI is InChI=1S/C20H17F3N4O2/c1-2-12-6-8-15(9-7-12)27-18(28)16-17(19(27)29)26(25-24-16)11-13-4-3-5-14(10-13)20(21,22)23/h3-10,16-17H,2,11H2,1H3/t16-,17-/m0/s1. The lowest BCUT2D eigenvalue weighted by atomic mass is 10.1. The maximum Gasteiger partial charge on any atom is 0.416 e. The van der Waals surface area contributed by atoms with Gasteiger partial charge in [-0.2, -0.15) is 18.3 Å². The van der Waals surface area contributed by atoms with Crippen LogP contribution in [-0.2, 0) is 28.7 Å². The molecule has 150 valence electrons. The lowest BCUT2D eigenvalue weighted by molar-refractivity contribution is -0.137. The van der Waals surface area contributed by atoms with Crippen molar-refractivity contribution < 1.29 is 22.8 Å². The smallest absolute Gasteiger partial charge is 0.271 e. The number of carbonyl (C=O) groups is 2. The minimum atomic E-state index is -4.47. The van der Waals surface area contributed by atoms with Crippen molar-refractivity contribution in [1.29, 1.82) is 0 Å². The second-order valence-corrected chi connectivity index (χ2v) is 6.92.